The molecule has 1 atom stereocenters. The average Bonchev–Trinajstić information content (AvgIpc) is 2.27. The fourth-order valence-corrected chi connectivity index (χ4v) is 1.56. The smallest absolute Gasteiger partial charge is 0.220 e. The van der Waals surface area contributed by atoms with Gasteiger partial charge in [0.2, 0.25) is 5.91 Å². The second-order valence-electron chi connectivity index (χ2n) is 3.80. The summed E-state index contributed by atoms with van der Waals surface area (Å²) in [5.41, 5.74) is 5.64. The lowest BCUT2D eigenvalue weighted by Crippen LogP contribution is -2.42. The summed E-state index contributed by atoms with van der Waals surface area (Å²) in [5, 5.41) is 5.81. The van der Waals surface area contributed by atoms with Gasteiger partial charge in [-0.2, -0.15) is 0 Å². The molecule has 7 heteroatoms. The van der Waals surface area contributed by atoms with Gasteiger partial charge in [0.15, 0.2) is 5.96 Å². The number of piperidine rings is 1. The van der Waals surface area contributed by atoms with Gasteiger partial charge in [-0.1, -0.05) is 0 Å². The summed E-state index contributed by atoms with van der Waals surface area (Å²) in [7, 11) is 1.63. The number of carbonyl (C=O) groups excluding carboxylic acids is 1. The van der Waals surface area contributed by atoms with E-state index in [1.165, 1.54) is 0 Å². The molecule has 0 aromatic carbocycles. The highest BCUT2D eigenvalue weighted by Gasteiger charge is 2.17. The monoisotopic (exact) mass is 356 g/mol. The van der Waals surface area contributed by atoms with Crippen molar-refractivity contribution in [1.29, 1.82) is 0 Å². The first-order valence-electron chi connectivity index (χ1n) is 5.54. The minimum atomic E-state index is 0. The van der Waals surface area contributed by atoms with Gasteiger partial charge in [-0.25, -0.2) is 0 Å². The molecule has 0 aromatic heterocycles. The van der Waals surface area contributed by atoms with Gasteiger partial charge in [-0.3, -0.25) is 9.79 Å². The number of methoxy groups -OCH3 is 1. The molecule has 1 heterocycles. The predicted octanol–water partition coefficient (Wildman–Crippen LogP) is -0.176. The van der Waals surface area contributed by atoms with Crippen LogP contribution in [-0.2, 0) is 9.53 Å². The number of halogens is 1. The Morgan fingerprint density at radius 3 is 3.12 bits per heavy atom. The molecule has 0 radical (unpaired) electrons. The van der Waals surface area contributed by atoms with Crippen LogP contribution in [0.15, 0.2) is 4.99 Å². The molecule has 0 aliphatic carbocycles. The highest BCUT2D eigenvalue weighted by atomic mass is 127. The Bertz CT molecular complexity index is 261. The molecule has 1 unspecified atom stereocenters. The second kappa shape index (κ2) is 9.46. The molecule has 17 heavy (non-hydrogen) atoms. The standard InChI is InChI=1S/C10H20N4O2.HI/c1-16-6-5-12-10(11)13-7-8-3-2-4-9(15)14-8;/h8H,2-7H2,1H3,(H,14,15)(H3,11,12,13);1H. The van der Waals surface area contributed by atoms with Gasteiger partial charge in [0, 0.05) is 26.1 Å². The maximum absolute atomic E-state index is 11.1. The van der Waals surface area contributed by atoms with E-state index in [4.69, 9.17) is 10.5 Å². The van der Waals surface area contributed by atoms with E-state index in [-0.39, 0.29) is 35.9 Å². The Balaban J connectivity index is 0.00000256. The molecule has 0 saturated carbocycles. The van der Waals surface area contributed by atoms with Crippen molar-refractivity contribution in [3.63, 3.8) is 0 Å². The fourth-order valence-electron chi connectivity index (χ4n) is 1.56. The zero-order valence-electron chi connectivity index (χ0n) is 10.1. The molecule has 6 nitrogen and oxygen atoms in total. The van der Waals surface area contributed by atoms with Gasteiger partial charge in [0.25, 0.3) is 0 Å². The third-order valence-corrected chi connectivity index (χ3v) is 2.42. The predicted molar refractivity (Wildman–Crippen MR) is 77.6 cm³/mol. The zero-order chi connectivity index (χ0) is 11.8. The number of guanidine groups is 1. The van der Waals surface area contributed by atoms with Gasteiger partial charge >= 0.3 is 0 Å². The molecule has 0 aromatic rings. The van der Waals surface area contributed by atoms with E-state index >= 15 is 0 Å². The molecule has 1 rings (SSSR count). The maximum atomic E-state index is 11.1. The number of hydrogen-bond acceptors (Lipinski definition) is 3. The number of aliphatic imine (C=N–C) groups is 1. The van der Waals surface area contributed by atoms with Crippen molar-refractivity contribution < 1.29 is 9.53 Å². The van der Waals surface area contributed by atoms with Crippen molar-refractivity contribution in [1.82, 2.24) is 10.6 Å². The second-order valence-corrected chi connectivity index (χ2v) is 3.80. The highest BCUT2D eigenvalue weighted by Crippen LogP contribution is 2.07. The van der Waals surface area contributed by atoms with Crippen molar-refractivity contribution in [2.75, 3.05) is 26.8 Å². The molecule has 4 N–H and O–H groups in total. The summed E-state index contributed by atoms with van der Waals surface area (Å²) >= 11 is 0. The SMILES string of the molecule is COCCNC(N)=NCC1CCCC(=O)N1.I. The topological polar surface area (TPSA) is 88.7 Å². The molecule has 1 amide bonds. The number of amides is 1. The van der Waals surface area contributed by atoms with Crippen LogP contribution in [0.3, 0.4) is 0 Å². The molecule has 1 saturated heterocycles. The van der Waals surface area contributed by atoms with E-state index in [1.54, 1.807) is 7.11 Å². The van der Waals surface area contributed by atoms with Gasteiger partial charge < -0.3 is 21.1 Å². The first kappa shape index (κ1) is 16.4. The number of nitrogens with zero attached hydrogens (tertiary/aromatic N) is 1. The molecule has 0 spiro atoms. The minimum Gasteiger partial charge on any atom is -0.383 e. The summed E-state index contributed by atoms with van der Waals surface area (Å²) in [6, 6.07) is 0.129. The normalized spacial score (nSPS) is 20.4. The summed E-state index contributed by atoms with van der Waals surface area (Å²) in [6.07, 6.45) is 2.53. The van der Waals surface area contributed by atoms with Crippen molar-refractivity contribution in [3.8, 4) is 0 Å². The van der Waals surface area contributed by atoms with Crippen LogP contribution in [0.4, 0.5) is 0 Å². The van der Waals surface area contributed by atoms with Crippen LogP contribution in [-0.4, -0.2) is 44.7 Å². The van der Waals surface area contributed by atoms with Crippen LogP contribution in [0.5, 0.6) is 0 Å². The lowest BCUT2D eigenvalue weighted by molar-refractivity contribution is -0.123. The van der Waals surface area contributed by atoms with E-state index < -0.39 is 0 Å². The number of hydrogen-bond donors (Lipinski definition) is 3. The molecular weight excluding hydrogens is 335 g/mol. The van der Waals surface area contributed by atoms with Gasteiger partial charge in [-0.05, 0) is 12.8 Å². The van der Waals surface area contributed by atoms with E-state index in [0.29, 0.717) is 32.1 Å². The summed E-state index contributed by atoms with van der Waals surface area (Å²) in [4.78, 5) is 15.3. The average molecular weight is 356 g/mol. The van der Waals surface area contributed by atoms with E-state index in [0.717, 1.165) is 12.8 Å². The Kier molecular flexibility index (Phi) is 9.14. The van der Waals surface area contributed by atoms with Crippen molar-refractivity contribution in [2.24, 2.45) is 10.7 Å². The number of nitrogens with one attached hydrogen (secondary N) is 2. The Hall–Kier alpha value is -0.570. The number of rotatable bonds is 5. The Morgan fingerprint density at radius 2 is 2.47 bits per heavy atom. The van der Waals surface area contributed by atoms with E-state index in [2.05, 4.69) is 15.6 Å². The summed E-state index contributed by atoms with van der Waals surface area (Å²) < 4.78 is 4.87. The van der Waals surface area contributed by atoms with Crippen LogP contribution in [0, 0.1) is 0 Å². The van der Waals surface area contributed by atoms with Gasteiger partial charge in [0.05, 0.1) is 13.2 Å². The summed E-state index contributed by atoms with van der Waals surface area (Å²) in [6.45, 7) is 1.77. The Labute approximate surface area is 119 Å². The lowest BCUT2D eigenvalue weighted by Gasteiger charge is -2.21. The fraction of sp³-hybridized carbons (Fsp3) is 0.800. The third-order valence-electron chi connectivity index (χ3n) is 2.42. The molecule has 1 aliphatic rings. The van der Waals surface area contributed by atoms with Crippen molar-refractivity contribution in [3.05, 3.63) is 0 Å². The van der Waals surface area contributed by atoms with Crippen LogP contribution < -0.4 is 16.4 Å². The molecule has 0 bridgehead atoms. The zero-order valence-corrected chi connectivity index (χ0v) is 12.4. The van der Waals surface area contributed by atoms with Crippen molar-refractivity contribution in [2.45, 2.75) is 25.3 Å². The third kappa shape index (κ3) is 7.37. The number of ether oxygens (including phenoxy) is 1. The summed E-state index contributed by atoms with van der Waals surface area (Å²) in [5.74, 6) is 0.509. The number of nitrogens with two attached hydrogens (primary N) is 1. The first-order chi connectivity index (χ1) is 7.72. The van der Waals surface area contributed by atoms with Gasteiger partial charge in [0.1, 0.15) is 0 Å². The van der Waals surface area contributed by atoms with Crippen LogP contribution in [0.25, 0.3) is 0 Å². The number of carbonyl (C=O) groups is 1. The van der Waals surface area contributed by atoms with Crippen LogP contribution >= 0.6 is 24.0 Å². The Morgan fingerprint density at radius 1 is 1.71 bits per heavy atom. The molecule has 1 fully saturated rings. The van der Waals surface area contributed by atoms with E-state index in [1.807, 2.05) is 0 Å². The van der Waals surface area contributed by atoms with E-state index in [9.17, 15) is 4.79 Å². The maximum Gasteiger partial charge on any atom is 0.220 e. The van der Waals surface area contributed by atoms with Crippen LogP contribution in [0.2, 0.25) is 0 Å². The largest absolute Gasteiger partial charge is 0.383 e. The highest BCUT2D eigenvalue weighted by molar-refractivity contribution is 14.0. The molecule has 100 valence electrons. The molecule has 1 aliphatic heterocycles. The lowest BCUT2D eigenvalue weighted by atomic mass is 10.0. The quantitative estimate of drug-likeness (QED) is 0.276. The minimum absolute atomic E-state index is 0. The molecular formula is C10H21IN4O2. The van der Waals surface area contributed by atoms with Crippen molar-refractivity contribution >= 4 is 35.8 Å². The van der Waals surface area contributed by atoms with Crippen LogP contribution in [0.1, 0.15) is 19.3 Å². The van der Waals surface area contributed by atoms with Gasteiger partial charge in [-0.15, -0.1) is 24.0 Å². The first-order valence-corrected chi connectivity index (χ1v) is 5.54.